The van der Waals surface area contributed by atoms with Crippen LogP contribution in [0.4, 0.5) is 13.2 Å². The maximum absolute atomic E-state index is 12.8. The fraction of sp³-hybridized carbons (Fsp3) is 0.200. The molecule has 0 saturated heterocycles. The van der Waals surface area contributed by atoms with E-state index in [9.17, 15) is 30.0 Å². The Bertz CT molecular complexity index is 974. The summed E-state index contributed by atoms with van der Waals surface area (Å²) in [7, 11) is -8.32. The molecule has 0 spiro atoms. The van der Waals surface area contributed by atoms with Gasteiger partial charge in [-0.3, -0.25) is 4.84 Å². The molecule has 0 fully saturated rings. The predicted octanol–water partition coefficient (Wildman–Crippen LogP) is 2.66. The van der Waals surface area contributed by atoms with Gasteiger partial charge in [-0.15, -0.1) is 0 Å². The van der Waals surface area contributed by atoms with E-state index in [1.165, 1.54) is 24.3 Å². The van der Waals surface area contributed by atoms with Crippen LogP contribution in [-0.4, -0.2) is 23.1 Å². The summed E-state index contributed by atoms with van der Waals surface area (Å²) in [6.07, 6.45) is -3.98. The lowest BCUT2D eigenvalue weighted by atomic mass is 10.1. The first-order valence-electron chi connectivity index (χ1n) is 7.00. The summed E-state index contributed by atoms with van der Waals surface area (Å²) in [6, 6.07) is 10.4. The fourth-order valence-electron chi connectivity index (χ4n) is 2.02. The molecule has 142 valence electrons. The third kappa shape index (κ3) is 5.04. The molecular formula is C15H14F3NO5S2. The molecule has 0 aromatic heterocycles. The third-order valence-electron chi connectivity index (χ3n) is 3.19. The zero-order valence-electron chi connectivity index (χ0n) is 13.3. The van der Waals surface area contributed by atoms with Gasteiger partial charge in [0.2, 0.25) is 5.44 Å². The smallest absolute Gasteiger partial charge is 0.262 e. The van der Waals surface area contributed by atoms with Crippen molar-refractivity contribution in [2.75, 3.05) is 6.26 Å². The highest BCUT2D eigenvalue weighted by atomic mass is 32.2. The van der Waals surface area contributed by atoms with Gasteiger partial charge in [-0.05, 0) is 29.8 Å². The Morgan fingerprint density at radius 2 is 1.58 bits per heavy atom. The van der Waals surface area contributed by atoms with Crippen LogP contribution in [0.25, 0.3) is 0 Å². The van der Waals surface area contributed by atoms with E-state index in [-0.39, 0.29) is 10.5 Å². The lowest BCUT2D eigenvalue weighted by Gasteiger charge is -2.18. The topological polar surface area (TPSA) is 89.5 Å². The van der Waals surface area contributed by atoms with Gasteiger partial charge in [-0.25, -0.2) is 16.8 Å². The molecule has 0 aliphatic heterocycles. The van der Waals surface area contributed by atoms with Crippen molar-refractivity contribution in [2.45, 2.75) is 16.5 Å². The van der Waals surface area contributed by atoms with Crippen LogP contribution in [0.15, 0.2) is 59.5 Å². The Kier molecular flexibility index (Phi) is 5.76. The minimum absolute atomic E-state index is 0.198. The molecule has 0 heterocycles. The Balaban J connectivity index is 2.33. The lowest BCUT2D eigenvalue weighted by molar-refractivity contribution is -0.137. The molecule has 6 nitrogen and oxygen atoms in total. The van der Waals surface area contributed by atoms with Gasteiger partial charge in [0, 0.05) is 6.26 Å². The van der Waals surface area contributed by atoms with Crippen molar-refractivity contribution in [1.29, 1.82) is 0 Å². The maximum Gasteiger partial charge on any atom is 0.416 e. The van der Waals surface area contributed by atoms with Gasteiger partial charge in [0.25, 0.3) is 10.0 Å². The first-order valence-corrected chi connectivity index (χ1v) is 10.4. The van der Waals surface area contributed by atoms with Crippen molar-refractivity contribution >= 4 is 19.9 Å². The molecule has 0 bridgehead atoms. The molecule has 2 aromatic rings. The van der Waals surface area contributed by atoms with E-state index < -0.39 is 37.0 Å². The second-order valence-electron chi connectivity index (χ2n) is 5.30. The van der Waals surface area contributed by atoms with E-state index in [4.69, 9.17) is 4.84 Å². The Hall–Kier alpha value is -1.95. The van der Waals surface area contributed by atoms with Crippen LogP contribution in [0.3, 0.4) is 0 Å². The summed E-state index contributed by atoms with van der Waals surface area (Å²) < 4.78 is 86.5. The largest absolute Gasteiger partial charge is 0.416 e. The summed E-state index contributed by atoms with van der Waals surface area (Å²) in [5.41, 5.74) is -3.40. The number of halogens is 3. The summed E-state index contributed by atoms with van der Waals surface area (Å²) in [5, 5.41) is 0. The average Bonchev–Trinajstić information content (AvgIpc) is 2.54. The molecule has 0 saturated carbocycles. The number of nitrogens with one attached hydrogen (secondary N) is 1. The van der Waals surface area contributed by atoms with Gasteiger partial charge < -0.3 is 0 Å². The quantitative estimate of drug-likeness (QED) is 0.741. The molecular weight excluding hydrogens is 395 g/mol. The van der Waals surface area contributed by atoms with Crippen LogP contribution < -0.4 is 4.89 Å². The van der Waals surface area contributed by atoms with E-state index in [0.29, 0.717) is 6.07 Å². The molecule has 11 heteroatoms. The summed E-state index contributed by atoms with van der Waals surface area (Å²) in [4.78, 5) is 6.24. The molecule has 1 atom stereocenters. The third-order valence-corrected chi connectivity index (χ3v) is 5.55. The normalized spacial score (nSPS) is 14.2. The predicted molar refractivity (Wildman–Crippen MR) is 86.9 cm³/mol. The summed E-state index contributed by atoms with van der Waals surface area (Å²) in [5.74, 6) is 0. The fourth-order valence-corrected chi connectivity index (χ4v) is 3.78. The highest BCUT2D eigenvalue weighted by Gasteiger charge is 2.33. The van der Waals surface area contributed by atoms with Crippen LogP contribution >= 0.6 is 0 Å². The molecule has 2 rings (SSSR count). The molecule has 2 aromatic carbocycles. The highest BCUT2D eigenvalue weighted by molar-refractivity contribution is 7.91. The zero-order chi connectivity index (χ0) is 19.6. The van der Waals surface area contributed by atoms with E-state index in [1.54, 1.807) is 11.0 Å². The maximum atomic E-state index is 12.8. The molecule has 0 aliphatic carbocycles. The number of hydrogen-bond donors (Lipinski definition) is 1. The minimum atomic E-state index is -4.69. The van der Waals surface area contributed by atoms with Crippen LogP contribution in [-0.2, 0) is 30.9 Å². The van der Waals surface area contributed by atoms with Gasteiger partial charge >= 0.3 is 6.18 Å². The Labute approximate surface area is 148 Å². The van der Waals surface area contributed by atoms with Crippen LogP contribution in [0, 0.1) is 0 Å². The van der Waals surface area contributed by atoms with Gasteiger partial charge in [0.15, 0.2) is 9.84 Å². The minimum Gasteiger partial charge on any atom is -0.262 e. The van der Waals surface area contributed by atoms with Gasteiger partial charge in [0.1, 0.15) is 0 Å². The average molecular weight is 409 g/mol. The van der Waals surface area contributed by atoms with Crippen molar-refractivity contribution in [3.05, 3.63) is 65.7 Å². The zero-order valence-corrected chi connectivity index (χ0v) is 14.9. The van der Waals surface area contributed by atoms with Crippen molar-refractivity contribution in [1.82, 2.24) is 4.89 Å². The number of hydrogen-bond acceptors (Lipinski definition) is 5. The van der Waals surface area contributed by atoms with Crippen LogP contribution in [0.1, 0.15) is 16.6 Å². The van der Waals surface area contributed by atoms with Crippen molar-refractivity contribution in [2.24, 2.45) is 0 Å². The number of rotatable bonds is 6. The van der Waals surface area contributed by atoms with E-state index >= 15 is 0 Å². The standard InChI is InChI=1S/C15H14F3NO5S2/c1-25(20,21)14(11-6-5-7-12(10-11)15(16,17)18)24-19-26(22,23)13-8-3-2-4-9-13/h2-10,14,19H,1H3. The monoisotopic (exact) mass is 409 g/mol. The second kappa shape index (κ2) is 7.35. The van der Waals surface area contributed by atoms with Crippen LogP contribution in [0.5, 0.6) is 0 Å². The Morgan fingerprint density at radius 1 is 0.962 bits per heavy atom. The molecule has 0 aliphatic rings. The number of benzene rings is 2. The van der Waals surface area contributed by atoms with Crippen molar-refractivity contribution < 1.29 is 34.8 Å². The molecule has 26 heavy (non-hydrogen) atoms. The lowest BCUT2D eigenvalue weighted by Crippen LogP contribution is -2.29. The second-order valence-corrected chi connectivity index (χ2v) is 9.03. The van der Waals surface area contributed by atoms with Gasteiger partial charge in [0.05, 0.1) is 10.5 Å². The number of sulfonamides is 1. The molecule has 0 amide bonds. The molecule has 1 unspecified atom stereocenters. The Morgan fingerprint density at radius 3 is 2.12 bits per heavy atom. The number of alkyl halides is 3. The molecule has 1 N–H and O–H groups in total. The van der Waals surface area contributed by atoms with Gasteiger partial charge in [-0.2, -0.15) is 13.2 Å². The first kappa shape index (κ1) is 20.4. The van der Waals surface area contributed by atoms with Crippen molar-refractivity contribution in [3.8, 4) is 0 Å². The van der Waals surface area contributed by atoms with Gasteiger partial charge in [-0.1, -0.05) is 35.2 Å². The summed E-state index contributed by atoms with van der Waals surface area (Å²) in [6.45, 7) is 0. The van der Waals surface area contributed by atoms with Crippen molar-refractivity contribution in [3.63, 3.8) is 0 Å². The number of sulfone groups is 1. The first-order chi connectivity index (χ1) is 11.9. The van der Waals surface area contributed by atoms with E-state index in [2.05, 4.69) is 0 Å². The van der Waals surface area contributed by atoms with E-state index in [1.807, 2.05) is 0 Å². The van der Waals surface area contributed by atoms with E-state index in [0.717, 1.165) is 24.5 Å². The summed E-state index contributed by atoms with van der Waals surface area (Å²) >= 11 is 0. The highest BCUT2D eigenvalue weighted by Crippen LogP contribution is 2.32. The van der Waals surface area contributed by atoms with Crippen LogP contribution in [0.2, 0.25) is 0 Å². The molecule has 0 radical (unpaired) electrons. The SMILES string of the molecule is CS(=O)(=O)C(ONS(=O)(=O)c1ccccc1)c1cccc(C(F)(F)F)c1.